The van der Waals surface area contributed by atoms with Gasteiger partial charge in [-0.2, -0.15) is 0 Å². The quantitative estimate of drug-likeness (QED) is 0.841. The van der Waals surface area contributed by atoms with Crippen LogP contribution in [0.5, 0.6) is 0 Å². The van der Waals surface area contributed by atoms with Crippen LogP contribution >= 0.6 is 11.6 Å². The van der Waals surface area contributed by atoms with E-state index in [0.717, 1.165) is 16.5 Å². The molecule has 1 aromatic heterocycles. The summed E-state index contributed by atoms with van der Waals surface area (Å²) in [6.07, 6.45) is 0.526. The van der Waals surface area contributed by atoms with Gasteiger partial charge < -0.3 is 14.8 Å². The SMILES string of the molecule is CCOC(=O)C(O)c1cc(Cl)c2[nH]cc(C)c2c1. The van der Waals surface area contributed by atoms with Crippen molar-refractivity contribution in [3.63, 3.8) is 0 Å². The lowest BCUT2D eigenvalue weighted by atomic mass is 10.1. The summed E-state index contributed by atoms with van der Waals surface area (Å²) in [7, 11) is 0. The van der Waals surface area contributed by atoms with Crippen molar-refractivity contribution in [2.75, 3.05) is 6.61 Å². The largest absolute Gasteiger partial charge is 0.464 e. The molecule has 4 nitrogen and oxygen atoms in total. The number of ether oxygens (including phenoxy) is 1. The maximum absolute atomic E-state index is 11.5. The molecule has 1 heterocycles. The predicted molar refractivity (Wildman–Crippen MR) is 69.6 cm³/mol. The average Bonchev–Trinajstić information content (AvgIpc) is 2.71. The summed E-state index contributed by atoms with van der Waals surface area (Å²) in [5.74, 6) is -0.666. The van der Waals surface area contributed by atoms with Crippen LogP contribution in [0.15, 0.2) is 18.3 Å². The number of rotatable bonds is 3. The zero-order valence-corrected chi connectivity index (χ0v) is 10.9. The first-order valence-electron chi connectivity index (χ1n) is 5.66. The van der Waals surface area contributed by atoms with Gasteiger partial charge in [-0.05, 0) is 37.1 Å². The van der Waals surface area contributed by atoms with Crippen molar-refractivity contribution < 1.29 is 14.6 Å². The second-order valence-corrected chi connectivity index (χ2v) is 4.46. The number of fused-ring (bicyclic) bond motifs is 1. The third kappa shape index (κ3) is 2.21. The van der Waals surface area contributed by atoms with E-state index in [2.05, 4.69) is 4.98 Å². The van der Waals surface area contributed by atoms with E-state index in [9.17, 15) is 9.90 Å². The van der Waals surface area contributed by atoms with Gasteiger partial charge in [-0.3, -0.25) is 0 Å². The van der Waals surface area contributed by atoms with Crippen LogP contribution in [-0.4, -0.2) is 22.7 Å². The van der Waals surface area contributed by atoms with Gasteiger partial charge in [0.2, 0.25) is 0 Å². The third-order valence-corrected chi connectivity index (χ3v) is 3.09. The van der Waals surface area contributed by atoms with Crippen LogP contribution in [0.2, 0.25) is 5.02 Å². The Morgan fingerprint density at radius 3 is 2.94 bits per heavy atom. The molecule has 0 saturated heterocycles. The first-order chi connectivity index (χ1) is 8.54. The molecule has 2 aromatic rings. The summed E-state index contributed by atoms with van der Waals surface area (Å²) >= 11 is 6.11. The lowest BCUT2D eigenvalue weighted by Gasteiger charge is -2.11. The van der Waals surface area contributed by atoms with Gasteiger partial charge in [0.05, 0.1) is 17.1 Å². The van der Waals surface area contributed by atoms with Crippen LogP contribution in [0.25, 0.3) is 10.9 Å². The van der Waals surface area contributed by atoms with Crippen molar-refractivity contribution in [1.82, 2.24) is 4.98 Å². The number of hydrogen-bond donors (Lipinski definition) is 2. The van der Waals surface area contributed by atoms with Gasteiger partial charge in [0.25, 0.3) is 0 Å². The number of H-pyrrole nitrogens is 1. The molecular formula is C13H14ClNO3. The van der Waals surface area contributed by atoms with Crippen molar-refractivity contribution in [3.05, 3.63) is 34.5 Å². The average molecular weight is 268 g/mol. The Balaban J connectivity index is 2.45. The second-order valence-electron chi connectivity index (χ2n) is 4.05. The van der Waals surface area contributed by atoms with Crippen LogP contribution in [0.4, 0.5) is 0 Å². The number of aryl methyl sites for hydroxylation is 1. The molecule has 0 radical (unpaired) electrons. The van der Waals surface area contributed by atoms with E-state index in [-0.39, 0.29) is 6.61 Å². The number of carbonyl (C=O) groups is 1. The molecule has 1 atom stereocenters. The number of halogens is 1. The molecule has 1 aromatic carbocycles. The number of hydrogen-bond acceptors (Lipinski definition) is 3. The van der Waals surface area contributed by atoms with Crippen LogP contribution in [0, 0.1) is 6.92 Å². The number of aromatic amines is 1. The monoisotopic (exact) mass is 267 g/mol. The number of nitrogens with one attached hydrogen (secondary N) is 1. The van der Waals surface area contributed by atoms with Crippen LogP contribution < -0.4 is 0 Å². The van der Waals surface area contributed by atoms with E-state index in [1.165, 1.54) is 0 Å². The number of benzene rings is 1. The van der Waals surface area contributed by atoms with Crippen molar-refractivity contribution in [3.8, 4) is 0 Å². The Morgan fingerprint density at radius 1 is 1.56 bits per heavy atom. The van der Waals surface area contributed by atoms with E-state index in [4.69, 9.17) is 16.3 Å². The standard InChI is InChI=1S/C13H14ClNO3/c1-3-18-13(17)12(16)8-4-9-7(2)6-15-11(9)10(14)5-8/h4-6,12,15-16H,3H2,1-2H3. The lowest BCUT2D eigenvalue weighted by molar-refractivity contribution is -0.153. The zero-order chi connectivity index (χ0) is 13.3. The number of aliphatic hydroxyl groups excluding tert-OH is 1. The fourth-order valence-corrected chi connectivity index (χ4v) is 2.14. The number of aliphatic hydroxyl groups is 1. The van der Waals surface area contributed by atoms with Gasteiger partial charge >= 0.3 is 5.97 Å². The van der Waals surface area contributed by atoms with E-state index < -0.39 is 12.1 Å². The fraction of sp³-hybridized carbons (Fsp3) is 0.308. The molecule has 0 saturated carbocycles. The summed E-state index contributed by atoms with van der Waals surface area (Å²) in [5.41, 5.74) is 2.24. The molecule has 1 unspecified atom stereocenters. The molecule has 0 aliphatic heterocycles. The van der Waals surface area contributed by atoms with Crippen molar-refractivity contribution >= 4 is 28.5 Å². The molecule has 0 amide bonds. The van der Waals surface area contributed by atoms with Gasteiger partial charge in [-0.15, -0.1) is 0 Å². The molecule has 0 bridgehead atoms. The zero-order valence-electron chi connectivity index (χ0n) is 10.2. The van der Waals surface area contributed by atoms with Crippen LogP contribution in [-0.2, 0) is 9.53 Å². The van der Waals surface area contributed by atoms with E-state index in [1.54, 1.807) is 19.1 Å². The highest BCUT2D eigenvalue weighted by Gasteiger charge is 2.20. The molecular weight excluding hydrogens is 254 g/mol. The highest BCUT2D eigenvalue weighted by atomic mass is 35.5. The van der Waals surface area contributed by atoms with Crippen molar-refractivity contribution in [2.45, 2.75) is 20.0 Å². The number of esters is 1. The minimum Gasteiger partial charge on any atom is -0.464 e. The van der Waals surface area contributed by atoms with Crippen LogP contribution in [0.1, 0.15) is 24.2 Å². The minimum absolute atomic E-state index is 0.231. The van der Waals surface area contributed by atoms with Gasteiger partial charge in [0, 0.05) is 11.6 Å². The summed E-state index contributed by atoms with van der Waals surface area (Å²) in [4.78, 5) is 14.5. The number of aromatic nitrogens is 1. The molecule has 0 aliphatic rings. The van der Waals surface area contributed by atoms with Crippen LogP contribution in [0.3, 0.4) is 0 Å². The Hall–Kier alpha value is -1.52. The normalized spacial score (nSPS) is 12.7. The van der Waals surface area contributed by atoms with E-state index >= 15 is 0 Å². The summed E-state index contributed by atoms with van der Waals surface area (Å²) in [5, 5.41) is 11.2. The molecule has 2 N–H and O–H groups in total. The van der Waals surface area contributed by atoms with Crippen molar-refractivity contribution in [2.24, 2.45) is 0 Å². The third-order valence-electron chi connectivity index (χ3n) is 2.80. The fourth-order valence-electron chi connectivity index (χ4n) is 1.86. The Morgan fingerprint density at radius 2 is 2.28 bits per heavy atom. The van der Waals surface area contributed by atoms with Gasteiger partial charge in [-0.25, -0.2) is 4.79 Å². The summed E-state index contributed by atoms with van der Waals surface area (Å²) in [6.45, 7) is 3.85. The minimum atomic E-state index is -1.30. The molecule has 0 aliphatic carbocycles. The first kappa shape index (κ1) is 12.9. The highest BCUT2D eigenvalue weighted by Crippen LogP contribution is 2.29. The lowest BCUT2D eigenvalue weighted by Crippen LogP contribution is -2.15. The smallest absolute Gasteiger partial charge is 0.339 e. The first-order valence-corrected chi connectivity index (χ1v) is 6.04. The summed E-state index contributed by atoms with van der Waals surface area (Å²) in [6, 6.07) is 3.32. The molecule has 96 valence electrons. The van der Waals surface area contributed by atoms with Gasteiger partial charge in [0.1, 0.15) is 0 Å². The molecule has 18 heavy (non-hydrogen) atoms. The molecule has 0 fully saturated rings. The van der Waals surface area contributed by atoms with Crippen molar-refractivity contribution in [1.29, 1.82) is 0 Å². The Kier molecular flexibility index (Phi) is 3.59. The van der Waals surface area contributed by atoms with E-state index in [1.807, 2.05) is 13.1 Å². The highest BCUT2D eigenvalue weighted by molar-refractivity contribution is 6.35. The Bertz CT molecular complexity index is 591. The van der Waals surface area contributed by atoms with Gasteiger partial charge in [-0.1, -0.05) is 11.6 Å². The second kappa shape index (κ2) is 5.00. The topological polar surface area (TPSA) is 62.3 Å². The predicted octanol–water partition coefficient (Wildman–Crippen LogP) is 2.73. The maximum atomic E-state index is 11.5. The molecule has 0 spiro atoms. The van der Waals surface area contributed by atoms with Gasteiger partial charge in [0.15, 0.2) is 6.10 Å². The molecule has 2 rings (SSSR count). The molecule has 5 heteroatoms. The van der Waals surface area contributed by atoms with E-state index in [0.29, 0.717) is 10.6 Å². The maximum Gasteiger partial charge on any atom is 0.339 e. The number of carbonyl (C=O) groups excluding carboxylic acids is 1. The summed E-state index contributed by atoms with van der Waals surface area (Å²) < 4.78 is 4.78. The Labute approximate surface area is 110 Å².